The molecule has 0 unspecified atom stereocenters. The summed E-state index contributed by atoms with van der Waals surface area (Å²) in [6.45, 7) is 1.41. The van der Waals surface area contributed by atoms with Crippen LogP contribution in [-0.2, 0) is 11.2 Å². The number of carbonyl (C=O) groups excluding carboxylic acids is 1. The molecule has 0 aromatic heterocycles. The minimum Gasteiger partial charge on any atom is -0.478 e. The van der Waals surface area contributed by atoms with Gasteiger partial charge in [0.05, 0.1) is 5.56 Å². The molecule has 1 aromatic rings. The molecule has 0 atom stereocenters. The molecule has 19 heavy (non-hydrogen) atoms. The Balaban J connectivity index is 2.01. The highest BCUT2D eigenvalue weighted by Crippen LogP contribution is 2.14. The molecule has 0 spiro atoms. The topological polar surface area (TPSA) is 57.6 Å². The summed E-state index contributed by atoms with van der Waals surface area (Å²) >= 11 is 0. The Morgan fingerprint density at radius 3 is 2.79 bits per heavy atom. The number of hydrogen-bond acceptors (Lipinski definition) is 2. The van der Waals surface area contributed by atoms with E-state index < -0.39 is 5.97 Å². The molecule has 1 heterocycles. The SMILES string of the molecule is O=C(O)c1ccccc1CCN1CCCCCC1=O. The molecule has 0 aliphatic carbocycles. The van der Waals surface area contributed by atoms with Crippen LogP contribution in [0.5, 0.6) is 0 Å². The quantitative estimate of drug-likeness (QED) is 0.905. The molecule has 1 saturated heterocycles. The van der Waals surface area contributed by atoms with Gasteiger partial charge in [-0.3, -0.25) is 4.79 Å². The molecule has 0 radical (unpaired) electrons. The van der Waals surface area contributed by atoms with Gasteiger partial charge in [0.15, 0.2) is 0 Å². The van der Waals surface area contributed by atoms with Crippen LogP contribution in [0.1, 0.15) is 41.6 Å². The van der Waals surface area contributed by atoms with Crippen molar-refractivity contribution >= 4 is 11.9 Å². The second-order valence-electron chi connectivity index (χ2n) is 4.90. The maximum Gasteiger partial charge on any atom is 0.335 e. The number of carboxylic acids is 1. The molecular weight excluding hydrogens is 242 g/mol. The van der Waals surface area contributed by atoms with Gasteiger partial charge >= 0.3 is 5.97 Å². The van der Waals surface area contributed by atoms with Crippen molar-refractivity contribution in [3.63, 3.8) is 0 Å². The maximum atomic E-state index is 11.9. The van der Waals surface area contributed by atoms with Crippen molar-refractivity contribution in [2.75, 3.05) is 13.1 Å². The van der Waals surface area contributed by atoms with Crippen molar-refractivity contribution in [2.45, 2.75) is 32.1 Å². The van der Waals surface area contributed by atoms with Crippen molar-refractivity contribution in [1.82, 2.24) is 4.90 Å². The average molecular weight is 261 g/mol. The van der Waals surface area contributed by atoms with Crippen molar-refractivity contribution < 1.29 is 14.7 Å². The molecule has 2 rings (SSSR count). The predicted molar refractivity (Wildman–Crippen MR) is 72.2 cm³/mol. The number of aromatic carboxylic acids is 1. The average Bonchev–Trinajstić information content (AvgIpc) is 2.61. The van der Waals surface area contributed by atoms with Gasteiger partial charge in [0.25, 0.3) is 0 Å². The summed E-state index contributed by atoms with van der Waals surface area (Å²) in [5.74, 6) is -0.705. The molecule has 0 bridgehead atoms. The zero-order valence-corrected chi connectivity index (χ0v) is 11.0. The molecule has 0 saturated carbocycles. The monoisotopic (exact) mass is 261 g/mol. The fourth-order valence-corrected chi connectivity index (χ4v) is 2.48. The van der Waals surface area contributed by atoms with E-state index in [2.05, 4.69) is 0 Å². The molecule has 1 N–H and O–H groups in total. The third kappa shape index (κ3) is 3.56. The van der Waals surface area contributed by atoms with E-state index in [-0.39, 0.29) is 5.91 Å². The Bertz CT molecular complexity index is 470. The smallest absolute Gasteiger partial charge is 0.335 e. The first-order chi connectivity index (χ1) is 9.18. The number of likely N-dealkylation sites (tertiary alicyclic amines) is 1. The fourth-order valence-electron chi connectivity index (χ4n) is 2.48. The second kappa shape index (κ2) is 6.36. The van der Waals surface area contributed by atoms with E-state index in [1.54, 1.807) is 12.1 Å². The van der Waals surface area contributed by atoms with E-state index >= 15 is 0 Å². The molecule has 1 aliphatic rings. The highest BCUT2D eigenvalue weighted by Gasteiger charge is 2.17. The summed E-state index contributed by atoms with van der Waals surface area (Å²) in [5.41, 5.74) is 1.14. The summed E-state index contributed by atoms with van der Waals surface area (Å²) < 4.78 is 0. The van der Waals surface area contributed by atoms with Crippen LogP contribution in [0.2, 0.25) is 0 Å². The van der Waals surface area contributed by atoms with Gasteiger partial charge in [0.1, 0.15) is 0 Å². The Labute approximate surface area is 113 Å². The Kier molecular flexibility index (Phi) is 4.55. The standard InChI is InChI=1S/C15H19NO3/c17-14-8-2-1-5-10-16(14)11-9-12-6-3-4-7-13(12)15(18)19/h3-4,6-7H,1-2,5,8-11H2,(H,18,19). The van der Waals surface area contributed by atoms with Crippen molar-refractivity contribution in [3.8, 4) is 0 Å². The highest BCUT2D eigenvalue weighted by atomic mass is 16.4. The molecule has 1 aliphatic heterocycles. The lowest BCUT2D eigenvalue weighted by molar-refractivity contribution is -0.130. The molecule has 4 nitrogen and oxygen atoms in total. The van der Waals surface area contributed by atoms with Gasteiger partial charge < -0.3 is 10.0 Å². The van der Waals surface area contributed by atoms with Crippen LogP contribution in [0, 0.1) is 0 Å². The normalized spacial score (nSPS) is 16.2. The van der Waals surface area contributed by atoms with Crippen LogP contribution >= 0.6 is 0 Å². The van der Waals surface area contributed by atoms with Gasteiger partial charge in [-0.1, -0.05) is 24.6 Å². The lowest BCUT2D eigenvalue weighted by atomic mass is 10.0. The first-order valence-corrected chi connectivity index (χ1v) is 6.77. The van der Waals surface area contributed by atoms with Gasteiger partial charge in [-0.25, -0.2) is 4.79 Å². The summed E-state index contributed by atoms with van der Waals surface area (Å²) in [6, 6.07) is 7.00. The summed E-state index contributed by atoms with van der Waals surface area (Å²) in [5, 5.41) is 9.12. The summed E-state index contributed by atoms with van der Waals surface area (Å²) in [7, 11) is 0. The summed E-state index contributed by atoms with van der Waals surface area (Å²) in [6.07, 6.45) is 4.36. The molecular formula is C15H19NO3. The molecule has 1 amide bonds. The number of hydrogen-bond donors (Lipinski definition) is 1. The first kappa shape index (κ1) is 13.6. The maximum absolute atomic E-state index is 11.9. The van der Waals surface area contributed by atoms with Gasteiger partial charge in [0, 0.05) is 19.5 Å². The van der Waals surface area contributed by atoms with Crippen LogP contribution in [0.3, 0.4) is 0 Å². The third-order valence-electron chi connectivity index (χ3n) is 3.57. The van der Waals surface area contributed by atoms with Crippen LogP contribution in [-0.4, -0.2) is 35.0 Å². The number of nitrogens with zero attached hydrogens (tertiary/aromatic N) is 1. The Morgan fingerprint density at radius 2 is 2.00 bits per heavy atom. The minimum atomic E-state index is -0.905. The number of rotatable bonds is 4. The zero-order chi connectivity index (χ0) is 13.7. The largest absolute Gasteiger partial charge is 0.478 e. The number of benzene rings is 1. The summed E-state index contributed by atoms with van der Waals surface area (Å²) in [4.78, 5) is 24.8. The second-order valence-corrected chi connectivity index (χ2v) is 4.90. The first-order valence-electron chi connectivity index (χ1n) is 6.77. The van der Waals surface area contributed by atoms with E-state index in [4.69, 9.17) is 5.11 Å². The molecule has 1 fully saturated rings. The minimum absolute atomic E-state index is 0.199. The molecule has 1 aromatic carbocycles. The van der Waals surface area contributed by atoms with E-state index in [9.17, 15) is 9.59 Å². The van der Waals surface area contributed by atoms with Crippen LogP contribution in [0.4, 0.5) is 0 Å². The van der Waals surface area contributed by atoms with Gasteiger partial charge in [-0.2, -0.15) is 0 Å². The van der Waals surface area contributed by atoms with Gasteiger partial charge in [-0.05, 0) is 30.9 Å². The van der Waals surface area contributed by atoms with E-state index in [1.165, 1.54) is 0 Å². The highest BCUT2D eigenvalue weighted by molar-refractivity contribution is 5.89. The third-order valence-corrected chi connectivity index (χ3v) is 3.57. The van der Waals surface area contributed by atoms with Crippen LogP contribution in [0.15, 0.2) is 24.3 Å². The lowest BCUT2D eigenvalue weighted by Crippen LogP contribution is -2.32. The predicted octanol–water partition coefficient (Wildman–Crippen LogP) is 2.33. The number of carbonyl (C=O) groups is 2. The number of amides is 1. The van der Waals surface area contributed by atoms with E-state index in [0.717, 1.165) is 31.4 Å². The zero-order valence-electron chi connectivity index (χ0n) is 11.0. The van der Waals surface area contributed by atoms with E-state index in [1.807, 2.05) is 17.0 Å². The van der Waals surface area contributed by atoms with Crippen molar-refractivity contribution in [1.29, 1.82) is 0 Å². The Morgan fingerprint density at radius 1 is 1.21 bits per heavy atom. The number of carboxylic acid groups (broad SMARTS) is 1. The fraction of sp³-hybridized carbons (Fsp3) is 0.467. The lowest BCUT2D eigenvalue weighted by Gasteiger charge is -2.20. The van der Waals surface area contributed by atoms with E-state index in [0.29, 0.717) is 24.9 Å². The van der Waals surface area contributed by atoms with Gasteiger partial charge in [0.2, 0.25) is 5.91 Å². The van der Waals surface area contributed by atoms with Crippen molar-refractivity contribution in [3.05, 3.63) is 35.4 Å². The van der Waals surface area contributed by atoms with Crippen LogP contribution < -0.4 is 0 Å². The van der Waals surface area contributed by atoms with Crippen LogP contribution in [0.25, 0.3) is 0 Å². The Hall–Kier alpha value is -1.84. The molecule has 102 valence electrons. The van der Waals surface area contributed by atoms with Gasteiger partial charge in [-0.15, -0.1) is 0 Å². The molecule has 4 heteroatoms. The van der Waals surface area contributed by atoms with Crippen molar-refractivity contribution in [2.24, 2.45) is 0 Å².